The number of hydrogen-bond acceptors (Lipinski definition) is 5. The van der Waals surface area contributed by atoms with Crippen LogP contribution in [0.2, 0.25) is 0 Å². The van der Waals surface area contributed by atoms with Crippen molar-refractivity contribution in [2.45, 2.75) is 19.1 Å². The van der Waals surface area contributed by atoms with E-state index in [1.165, 1.54) is 24.3 Å². The molecule has 104 valence electrons. The van der Waals surface area contributed by atoms with Crippen LogP contribution in [0.25, 0.3) is 0 Å². The molecule has 5 nitrogen and oxygen atoms in total. The number of carbonyl (C=O) groups is 2. The molecule has 0 spiro atoms. The van der Waals surface area contributed by atoms with Gasteiger partial charge < -0.3 is 14.9 Å². The van der Waals surface area contributed by atoms with Gasteiger partial charge in [-0.05, 0) is 12.5 Å². The number of benzene rings is 1. The molecule has 1 rings (SSSR count). The van der Waals surface area contributed by atoms with Crippen LogP contribution >= 0.6 is 15.9 Å². The lowest BCUT2D eigenvalue weighted by atomic mass is 10.0. The van der Waals surface area contributed by atoms with E-state index in [-0.39, 0.29) is 17.5 Å². The van der Waals surface area contributed by atoms with E-state index in [0.29, 0.717) is 5.56 Å². The van der Waals surface area contributed by atoms with Crippen molar-refractivity contribution in [2.75, 3.05) is 11.9 Å². The number of carbonyl (C=O) groups excluding carboxylic acids is 2. The number of alkyl halides is 1. The first-order valence-corrected chi connectivity index (χ1v) is 6.86. The molecule has 0 aromatic heterocycles. The lowest BCUT2D eigenvalue weighted by Gasteiger charge is -2.15. The van der Waals surface area contributed by atoms with E-state index in [1.54, 1.807) is 6.92 Å². The molecule has 2 N–H and O–H groups in total. The molecule has 1 aromatic carbocycles. The van der Waals surface area contributed by atoms with Gasteiger partial charge in [-0.25, -0.2) is 4.79 Å². The highest BCUT2D eigenvalue weighted by atomic mass is 79.9. The van der Waals surface area contributed by atoms with E-state index in [0.717, 1.165) is 0 Å². The topological polar surface area (TPSA) is 83.8 Å². The maximum atomic E-state index is 11.6. The summed E-state index contributed by atoms with van der Waals surface area (Å²) in [4.78, 5) is 22.9. The molecule has 0 heterocycles. The van der Waals surface area contributed by atoms with Crippen molar-refractivity contribution in [1.82, 2.24) is 0 Å². The van der Waals surface area contributed by atoms with Gasteiger partial charge in [-0.3, -0.25) is 4.79 Å². The minimum Gasteiger partial charge on any atom is -0.460 e. The molecule has 19 heavy (non-hydrogen) atoms. The van der Waals surface area contributed by atoms with Gasteiger partial charge in [0.25, 0.3) is 5.78 Å². The molecule has 0 radical (unpaired) electrons. The van der Waals surface area contributed by atoms with Crippen molar-refractivity contribution in [3.05, 3.63) is 35.4 Å². The summed E-state index contributed by atoms with van der Waals surface area (Å²) in [6.45, 7) is 1.76. The second-order valence-electron chi connectivity index (χ2n) is 3.84. The largest absolute Gasteiger partial charge is 0.460 e. The summed E-state index contributed by atoms with van der Waals surface area (Å²) < 4.78 is 4.61. The predicted molar refractivity (Wildman–Crippen MR) is 72.2 cm³/mol. The monoisotopic (exact) mass is 330 g/mol. The van der Waals surface area contributed by atoms with E-state index in [9.17, 15) is 19.8 Å². The highest BCUT2D eigenvalue weighted by molar-refractivity contribution is 9.09. The van der Waals surface area contributed by atoms with Gasteiger partial charge in [0, 0.05) is 10.9 Å². The third kappa shape index (κ3) is 4.12. The number of halogens is 1. The number of esters is 1. The zero-order valence-corrected chi connectivity index (χ0v) is 12.0. The standard InChI is InChI=1S/C13H15BrO5/c1-2-19-13(18)12(17)9-5-3-8(4-6-9)11(16)10(15)7-14/h3-6,10-11,15-16H,2,7H2,1H3. The van der Waals surface area contributed by atoms with Crippen molar-refractivity contribution in [3.8, 4) is 0 Å². The molecule has 6 heteroatoms. The summed E-state index contributed by atoms with van der Waals surface area (Å²) in [5, 5.41) is 19.5. The molecule has 0 aliphatic carbocycles. The number of ketones is 1. The van der Waals surface area contributed by atoms with Crippen LogP contribution in [0.5, 0.6) is 0 Å². The normalized spacial score (nSPS) is 13.7. The van der Waals surface area contributed by atoms with Crippen LogP contribution in [-0.2, 0) is 9.53 Å². The molecule has 2 unspecified atom stereocenters. The van der Waals surface area contributed by atoms with Crippen LogP contribution in [0.4, 0.5) is 0 Å². The SMILES string of the molecule is CCOC(=O)C(=O)c1ccc(C(O)C(O)CBr)cc1. The summed E-state index contributed by atoms with van der Waals surface area (Å²) in [7, 11) is 0. The fraction of sp³-hybridized carbons (Fsp3) is 0.385. The predicted octanol–water partition coefficient (Wildman–Crippen LogP) is 1.22. The Kier molecular flexibility index (Phi) is 6.14. The Morgan fingerprint density at radius 2 is 1.84 bits per heavy atom. The summed E-state index contributed by atoms with van der Waals surface area (Å²) in [6, 6.07) is 5.81. The molecule has 0 amide bonds. The van der Waals surface area contributed by atoms with Gasteiger partial charge in [0.15, 0.2) is 0 Å². The van der Waals surface area contributed by atoms with Gasteiger partial charge >= 0.3 is 5.97 Å². The Balaban J connectivity index is 2.82. The molecular formula is C13H15BrO5. The molecule has 0 fully saturated rings. The van der Waals surface area contributed by atoms with Crippen LogP contribution in [-0.4, -0.2) is 40.0 Å². The lowest BCUT2D eigenvalue weighted by molar-refractivity contribution is -0.137. The third-order valence-electron chi connectivity index (χ3n) is 2.50. The van der Waals surface area contributed by atoms with Crippen molar-refractivity contribution in [2.24, 2.45) is 0 Å². The van der Waals surface area contributed by atoms with E-state index in [4.69, 9.17) is 0 Å². The molecule has 0 aliphatic heterocycles. The van der Waals surface area contributed by atoms with Gasteiger partial charge in [0.1, 0.15) is 6.10 Å². The van der Waals surface area contributed by atoms with Gasteiger partial charge in [-0.15, -0.1) is 0 Å². The third-order valence-corrected chi connectivity index (χ3v) is 3.16. The van der Waals surface area contributed by atoms with Crippen molar-refractivity contribution in [3.63, 3.8) is 0 Å². The number of Topliss-reactive ketones (excluding diaryl/α,β-unsaturated/α-hetero) is 1. The first kappa shape index (κ1) is 15.8. The quantitative estimate of drug-likeness (QED) is 0.354. The average Bonchev–Trinajstić information content (AvgIpc) is 2.45. The second-order valence-corrected chi connectivity index (χ2v) is 4.49. The van der Waals surface area contributed by atoms with E-state index >= 15 is 0 Å². The molecule has 1 aromatic rings. The number of ether oxygens (including phenoxy) is 1. The van der Waals surface area contributed by atoms with Crippen LogP contribution < -0.4 is 0 Å². The van der Waals surface area contributed by atoms with E-state index in [2.05, 4.69) is 20.7 Å². The second kappa shape index (κ2) is 7.37. The molecular weight excluding hydrogens is 316 g/mol. The zero-order chi connectivity index (χ0) is 14.4. The maximum absolute atomic E-state index is 11.6. The first-order valence-electron chi connectivity index (χ1n) is 5.74. The lowest BCUT2D eigenvalue weighted by Crippen LogP contribution is -2.20. The van der Waals surface area contributed by atoms with Gasteiger partial charge in [0.2, 0.25) is 0 Å². The van der Waals surface area contributed by atoms with E-state index < -0.39 is 24.0 Å². The van der Waals surface area contributed by atoms with Crippen LogP contribution in [0.1, 0.15) is 28.9 Å². The Labute approximate surface area is 119 Å². The number of aliphatic hydroxyl groups excluding tert-OH is 2. The number of aliphatic hydroxyl groups is 2. The van der Waals surface area contributed by atoms with Crippen molar-refractivity contribution >= 4 is 27.7 Å². The van der Waals surface area contributed by atoms with Crippen molar-refractivity contribution in [1.29, 1.82) is 0 Å². The smallest absolute Gasteiger partial charge is 0.379 e. The molecule has 0 saturated carbocycles. The molecule has 0 bridgehead atoms. The van der Waals surface area contributed by atoms with Crippen molar-refractivity contribution < 1.29 is 24.5 Å². The van der Waals surface area contributed by atoms with Gasteiger partial charge in [0.05, 0.1) is 12.7 Å². The van der Waals surface area contributed by atoms with Gasteiger partial charge in [-0.1, -0.05) is 40.2 Å². The fourth-order valence-corrected chi connectivity index (χ4v) is 1.81. The van der Waals surface area contributed by atoms with Gasteiger partial charge in [-0.2, -0.15) is 0 Å². The Morgan fingerprint density at radius 3 is 2.32 bits per heavy atom. The minimum atomic E-state index is -1.05. The highest BCUT2D eigenvalue weighted by Gasteiger charge is 2.20. The molecule has 0 saturated heterocycles. The average molecular weight is 331 g/mol. The summed E-state index contributed by atoms with van der Waals surface area (Å²) in [6.07, 6.45) is -1.99. The summed E-state index contributed by atoms with van der Waals surface area (Å²) in [5.41, 5.74) is 0.648. The Morgan fingerprint density at radius 1 is 1.26 bits per heavy atom. The van der Waals surface area contributed by atoms with Crippen LogP contribution in [0.15, 0.2) is 24.3 Å². The van der Waals surface area contributed by atoms with E-state index in [1.807, 2.05) is 0 Å². The van der Waals surface area contributed by atoms with Crippen LogP contribution in [0, 0.1) is 0 Å². The number of hydrogen-bond donors (Lipinski definition) is 2. The van der Waals surface area contributed by atoms with Crippen LogP contribution in [0.3, 0.4) is 0 Å². The summed E-state index contributed by atoms with van der Waals surface area (Å²) in [5.74, 6) is -1.64. The minimum absolute atomic E-state index is 0.138. The Hall–Kier alpha value is -1.24. The molecule has 0 aliphatic rings. The highest BCUT2D eigenvalue weighted by Crippen LogP contribution is 2.19. The first-order chi connectivity index (χ1) is 9.01. The zero-order valence-electron chi connectivity index (χ0n) is 10.4. The summed E-state index contributed by atoms with van der Waals surface area (Å²) >= 11 is 3.06. The Bertz CT molecular complexity index is 443. The number of rotatable bonds is 6. The molecule has 2 atom stereocenters. The fourth-order valence-electron chi connectivity index (χ4n) is 1.45. The maximum Gasteiger partial charge on any atom is 0.379 e.